The van der Waals surface area contributed by atoms with Crippen molar-refractivity contribution in [2.45, 2.75) is 19.5 Å². The summed E-state index contributed by atoms with van der Waals surface area (Å²) in [6.45, 7) is 2.76. The predicted octanol–water partition coefficient (Wildman–Crippen LogP) is 4.07. The average Bonchev–Trinajstić information content (AvgIpc) is 3.08. The third-order valence-corrected chi connectivity index (χ3v) is 3.85. The Balaban J connectivity index is 0.00000144. The van der Waals surface area contributed by atoms with Gasteiger partial charge in [0, 0.05) is 31.0 Å². The summed E-state index contributed by atoms with van der Waals surface area (Å²) < 4.78 is 7.61. The molecule has 1 heterocycles. The number of fused-ring (bicyclic) bond motifs is 1. The first-order valence-electron chi connectivity index (χ1n) is 7.59. The number of ether oxygens (including phenoxy) is 1. The molecular weight excluding hydrogens is 345 g/mol. The van der Waals surface area contributed by atoms with E-state index in [-0.39, 0.29) is 24.8 Å². The van der Waals surface area contributed by atoms with E-state index in [0.29, 0.717) is 0 Å². The van der Waals surface area contributed by atoms with Gasteiger partial charge in [0.2, 0.25) is 0 Å². The zero-order valence-corrected chi connectivity index (χ0v) is 15.3. The molecule has 3 aromatic rings. The summed E-state index contributed by atoms with van der Waals surface area (Å²) in [7, 11) is 1.73. The number of hydrogen-bond acceptors (Lipinski definition) is 3. The monoisotopic (exact) mass is 367 g/mol. The summed E-state index contributed by atoms with van der Waals surface area (Å²) in [5, 5.41) is 6.02. The van der Waals surface area contributed by atoms with Crippen molar-refractivity contribution in [1.29, 1.82) is 0 Å². The van der Waals surface area contributed by atoms with Crippen LogP contribution in [0.25, 0.3) is 10.8 Å². The second-order valence-electron chi connectivity index (χ2n) is 5.30. The minimum absolute atomic E-state index is 0. The fourth-order valence-corrected chi connectivity index (χ4v) is 2.71. The molecule has 0 fully saturated rings. The van der Waals surface area contributed by atoms with Crippen molar-refractivity contribution >= 4 is 35.6 Å². The molecule has 6 heteroatoms. The highest BCUT2D eigenvalue weighted by atomic mass is 35.5. The number of methoxy groups -OCH3 is 1. The maximum absolute atomic E-state index is 5.52. The van der Waals surface area contributed by atoms with E-state index in [0.717, 1.165) is 31.8 Å². The number of rotatable bonds is 7. The van der Waals surface area contributed by atoms with E-state index in [1.54, 1.807) is 7.11 Å². The molecule has 0 unspecified atom stereocenters. The van der Waals surface area contributed by atoms with Crippen molar-refractivity contribution < 1.29 is 4.74 Å². The molecule has 2 aromatic carbocycles. The van der Waals surface area contributed by atoms with Crippen LogP contribution in [0.1, 0.15) is 12.0 Å². The summed E-state index contributed by atoms with van der Waals surface area (Å²) in [5.41, 5.74) is 1.23. The zero-order chi connectivity index (χ0) is 15.2. The zero-order valence-electron chi connectivity index (χ0n) is 13.6. The predicted molar refractivity (Wildman–Crippen MR) is 104 cm³/mol. The fourth-order valence-electron chi connectivity index (χ4n) is 2.71. The van der Waals surface area contributed by atoms with E-state index in [1.807, 2.05) is 24.8 Å². The van der Waals surface area contributed by atoms with Crippen molar-refractivity contribution in [3.05, 3.63) is 60.7 Å². The Hall–Kier alpha value is -1.75. The summed E-state index contributed by atoms with van der Waals surface area (Å²) in [5.74, 6) is 0.945. The molecule has 0 spiro atoms. The summed E-state index contributed by atoms with van der Waals surface area (Å²) >= 11 is 0. The topological polar surface area (TPSA) is 39.1 Å². The molecule has 0 aliphatic rings. The number of hydrogen-bond donors (Lipinski definition) is 1. The van der Waals surface area contributed by atoms with E-state index < -0.39 is 0 Å². The largest absolute Gasteiger partial charge is 0.496 e. The lowest BCUT2D eigenvalue weighted by atomic mass is 10.0. The molecule has 0 radical (unpaired) electrons. The lowest BCUT2D eigenvalue weighted by Crippen LogP contribution is -2.17. The van der Waals surface area contributed by atoms with E-state index in [4.69, 9.17) is 4.74 Å². The van der Waals surface area contributed by atoms with Crippen molar-refractivity contribution in [1.82, 2.24) is 14.9 Å². The van der Waals surface area contributed by atoms with Crippen LogP contribution in [0, 0.1) is 0 Å². The molecule has 1 aromatic heterocycles. The van der Waals surface area contributed by atoms with Crippen LogP contribution in [0.4, 0.5) is 0 Å². The molecule has 0 aliphatic heterocycles. The SMILES string of the molecule is COc1ccc2ccccc2c1CNCCCn1ccnc1.Cl.Cl. The molecular formula is C18H23Cl2N3O. The Labute approximate surface area is 155 Å². The van der Waals surface area contributed by atoms with Gasteiger partial charge in [-0.05, 0) is 29.8 Å². The first kappa shape index (κ1) is 20.3. The Kier molecular flexibility index (Phi) is 8.61. The number of aromatic nitrogens is 2. The van der Waals surface area contributed by atoms with E-state index in [9.17, 15) is 0 Å². The highest BCUT2D eigenvalue weighted by molar-refractivity contribution is 5.87. The number of benzene rings is 2. The molecule has 0 amide bonds. The highest BCUT2D eigenvalue weighted by Gasteiger charge is 2.07. The average molecular weight is 368 g/mol. The second kappa shape index (κ2) is 10.2. The Morgan fingerprint density at radius 2 is 1.96 bits per heavy atom. The molecule has 1 N–H and O–H groups in total. The van der Waals surface area contributed by atoms with Crippen molar-refractivity contribution in [2.24, 2.45) is 0 Å². The molecule has 0 aliphatic carbocycles. The van der Waals surface area contributed by atoms with Crippen LogP contribution in [-0.4, -0.2) is 23.2 Å². The smallest absolute Gasteiger partial charge is 0.123 e. The van der Waals surface area contributed by atoms with Crippen LogP contribution in [0.2, 0.25) is 0 Å². The van der Waals surface area contributed by atoms with Crippen molar-refractivity contribution in [2.75, 3.05) is 13.7 Å². The van der Waals surface area contributed by atoms with E-state index in [1.165, 1.54) is 16.3 Å². The molecule has 3 rings (SSSR count). The van der Waals surface area contributed by atoms with Gasteiger partial charge in [-0.15, -0.1) is 24.8 Å². The number of halogens is 2. The molecule has 0 bridgehead atoms. The second-order valence-corrected chi connectivity index (χ2v) is 5.30. The van der Waals surface area contributed by atoms with E-state index >= 15 is 0 Å². The van der Waals surface area contributed by atoms with Gasteiger partial charge in [0.05, 0.1) is 13.4 Å². The first-order chi connectivity index (χ1) is 10.9. The Morgan fingerprint density at radius 1 is 1.12 bits per heavy atom. The van der Waals surface area contributed by atoms with E-state index in [2.05, 4.69) is 45.2 Å². The molecule has 0 saturated heterocycles. The van der Waals surface area contributed by atoms with Gasteiger partial charge < -0.3 is 14.6 Å². The highest BCUT2D eigenvalue weighted by Crippen LogP contribution is 2.27. The number of nitrogens with one attached hydrogen (secondary N) is 1. The van der Waals surface area contributed by atoms with Crippen LogP contribution in [0.5, 0.6) is 5.75 Å². The molecule has 24 heavy (non-hydrogen) atoms. The first-order valence-corrected chi connectivity index (χ1v) is 7.59. The van der Waals surface area contributed by atoms with Crippen molar-refractivity contribution in [3.63, 3.8) is 0 Å². The van der Waals surface area contributed by atoms with Gasteiger partial charge in [0.15, 0.2) is 0 Å². The minimum Gasteiger partial charge on any atom is -0.496 e. The molecule has 130 valence electrons. The number of imidazole rings is 1. The van der Waals surface area contributed by atoms with Gasteiger partial charge in [-0.2, -0.15) is 0 Å². The van der Waals surface area contributed by atoms with Gasteiger partial charge in [0.1, 0.15) is 5.75 Å². The maximum Gasteiger partial charge on any atom is 0.123 e. The van der Waals surface area contributed by atoms with Crippen LogP contribution in [0.15, 0.2) is 55.1 Å². The maximum atomic E-state index is 5.52. The Morgan fingerprint density at radius 3 is 2.71 bits per heavy atom. The Bertz CT molecular complexity index is 732. The number of nitrogens with zero attached hydrogens (tertiary/aromatic N) is 2. The lowest BCUT2D eigenvalue weighted by molar-refractivity contribution is 0.408. The van der Waals surface area contributed by atoms with Crippen LogP contribution < -0.4 is 10.1 Å². The summed E-state index contributed by atoms with van der Waals surface area (Å²) in [4.78, 5) is 4.05. The summed E-state index contributed by atoms with van der Waals surface area (Å²) in [6.07, 6.45) is 6.74. The van der Waals surface area contributed by atoms with Gasteiger partial charge >= 0.3 is 0 Å². The van der Waals surface area contributed by atoms with Gasteiger partial charge in [-0.3, -0.25) is 0 Å². The number of aryl methyl sites for hydroxylation is 1. The van der Waals surface area contributed by atoms with Crippen LogP contribution in [-0.2, 0) is 13.1 Å². The summed E-state index contributed by atoms with van der Waals surface area (Å²) in [6, 6.07) is 12.6. The normalized spacial score (nSPS) is 10.0. The third kappa shape index (κ3) is 4.87. The quantitative estimate of drug-likeness (QED) is 0.639. The van der Waals surface area contributed by atoms with Crippen LogP contribution >= 0.6 is 24.8 Å². The van der Waals surface area contributed by atoms with Crippen molar-refractivity contribution in [3.8, 4) is 5.75 Å². The van der Waals surface area contributed by atoms with Crippen LogP contribution in [0.3, 0.4) is 0 Å². The van der Waals surface area contributed by atoms with Gasteiger partial charge in [0.25, 0.3) is 0 Å². The van der Waals surface area contributed by atoms with Gasteiger partial charge in [-0.25, -0.2) is 4.98 Å². The fraction of sp³-hybridized carbons (Fsp3) is 0.278. The standard InChI is InChI=1S/C18H21N3O.2ClH/c1-22-18-8-7-15-5-2-3-6-16(15)17(18)13-19-9-4-11-21-12-10-20-14-21;;/h2-3,5-8,10,12,14,19H,4,9,11,13H2,1H3;2*1H. The molecule has 0 atom stereocenters. The van der Waals surface area contributed by atoms with Gasteiger partial charge in [-0.1, -0.05) is 30.3 Å². The third-order valence-electron chi connectivity index (χ3n) is 3.85. The lowest BCUT2D eigenvalue weighted by Gasteiger charge is -2.13. The molecule has 4 nitrogen and oxygen atoms in total. The molecule has 0 saturated carbocycles. The minimum atomic E-state index is 0.